The number of aryl methyl sites for hydroxylation is 1. The lowest BCUT2D eigenvalue weighted by Crippen LogP contribution is -2.34. The Hall–Kier alpha value is -0.890. The van der Waals surface area contributed by atoms with Crippen molar-refractivity contribution < 1.29 is 4.39 Å². The molecule has 118 valence electrons. The highest BCUT2D eigenvalue weighted by atomic mass is 19.1. The fraction of sp³-hybridized carbons (Fsp3) is 0.684. The van der Waals surface area contributed by atoms with Crippen LogP contribution >= 0.6 is 0 Å². The predicted molar refractivity (Wildman–Crippen MR) is 87.8 cm³/mol. The molecule has 0 radical (unpaired) electrons. The van der Waals surface area contributed by atoms with Gasteiger partial charge in [-0.1, -0.05) is 33.3 Å². The standard InChI is InChI=1S/C19H30FN/c1-5-10-21-19(16-7-6-13(2)14(3)11-16)18-9-8-17(20)12-15(18)4/h8-9,12-14,16,19,21H,5-7,10-11H2,1-4H3. The monoisotopic (exact) mass is 291 g/mol. The minimum Gasteiger partial charge on any atom is -0.310 e. The van der Waals surface area contributed by atoms with Crippen LogP contribution in [0.4, 0.5) is 4.39 Å². The minimum absolute atomic E-state index is 0.129. The normalized spacial score (nSPS) is 27.6. The smallest absolute Gasteiger partial charge is 0.123 e. The summed E-state index contributed by atoms with van der Waals surface area (Å²) in [6.07, 6.45) is 5.01. The number of rotatable bonds is 5. The van der Waals surface area contributed by atoms with Crippen LogP contribution in [-0.2, 0) is 0 Å². The van der Waals surface area contributed by atoms with Gasteiger partial charge in [-0.05, 0) is 73.7 Å². The average molecular weight is 291 g/mol. The first-order valence-corrected chi connectivity index (χ1v) is 8.52. The van der Waals surface area contributed by atoms with Crippen molar-refractivity contribution in [3.63, 3.8) is 0 Å². The van der Waals surface area contributed by atoms with E-state index in [1.807, 2.05) is 13.0 Å². The summed E-state index contributed by atoms with van der Waals surface area (Å²) < 4.78 is 13.4. The molecule has 0 spiro atoms. The molecule has 1 saturated carbocycles. The molecule has 0 heterocycles. The first-order chi connectivity index (χ1) is 10.0. The van der Waals surface area contributed by atoms with Crippen LogP contribution in [-0.4, -0.2) is 6.54 Å². The Bertz CT molecular complexity index is 457. The molecule has 1 fully saturated rings. The van der Waals surface area contributed by atoms with E-state index in [1.54, 1.807) is 12.1 Å². The largest absolute Gasteiger partial charge is 0.310 e. The van der Waals surface area contributed by atoms with Gasteiger partial charge in [-0.15, -0.1) is 0 Å². The Morgan fingerprint density at radius 2 is 2.00 bits per heavy atom. The molecule has 1 aromatic carbocycles. The van der Waals surface area contributed by atoms with Crippen LogP contribution in [0.2, 0.25) is 0 Å². The zero-order chi connectivity index (χ0) is 15.4. The molecule has 4 atom stereocenters. The van der Waals surface area contributed by atoms with Crippen molar-refractivity contribution in [3.8, 4) is 0 Å². The summed E-state index contributed by atoms with van der Waals surface area (Å²) in [4.78, 5) is 0. The van der Waals surface area contributed by atoms with E-state index in [2.05, 4.69) is 26.1 Å². The topological polar surface area (TPSA) is 12.0 Å². The Morgan fingerprint density at radius 3 is 2.62 bits per heavy atom. The third-order valence-corrected chi connectivity index (χ3v) is 5.29. The molecule has 1 nitrogen and oxygen atoms in total. The molecular weight excluding hydrogens is 261 g/mol. The number of halogens is 1. The van der Waals surface area contributed by atoms with Crippen LogP contribution in [0.3, 0.4) is 0 Å². The molecule has 0 aliphatic heterocycles. The molecule has 1 aliphatic carbocycles. The van der Waals surface area contributed by atoms with Crippen LogP contribution in [0.1, 0.15) is 63.6 Å². The Morgan fingerprint density at radius 1 is 1.24 bits per heavy atom. The van der Waals surface area contributed by atoms with Gasteiger partial charge in [0, 0.05) is 6.04 Å². The summed E-state index contributed by atoms with van der Waals surface area (Å²) in [7, 11) is 0. The number of hydrogen-bond acceptors (Lipinski definition) is 1. The van der Waals surface area contributed by atoms with Gasteiger partial charge in [-0.3, -0.25) is 0 Å². The average Bonchev–Trinajstić information content (AvgIpc) is 2.44. The molecule has 0 saturated heterocycles. The van der Waals surface area contributed by atoms with E-state index in [0.29, 0.717) is 12.0 Å². The van der Waals surface area contributed by atoms with Crippen molar-refractivity contribution in [2.45, 2.75) is 59.4 Å². The molecule has 1 N–H and O–H groups in total. The molecule has 1 aliphatic rings. The second-order valence-corrected chi connectivity index (χ2v) is 6.96. The minimum atomic E-state index is -0.129. The van der Waals surface area contributed by atoms with Gasteiger partial charge in [0.15, 0.2) is 0 Å². The van der Waals surface area contributed by atoms with Gasteiger partial charge in [0.2, 0.25) is 0 Å². The Labute approximate surface area is 129 Å². The van der Waals surface area contributed by atoms with E-state index in [4.69, 9.17) is 0 Å². The Balaban J connectivity index is 2.21. The quantitative estimate of drug-likeness (QED) is 0.781. The fourth-order valence-corrected chi connectivity index (χ4v) is 3.71. The lowest BCUT2D eigenvalue weighted by molar-refractivity contribution is 0.171. The van der Waals surface area contributed by atoms with E-state index in [9.17, 15) is 4.39 Å². The van der Waals surface area contributed by atoms with Gasteiger partial charge >= 0.3 is 0 Å². The van der Waals surface area contributed by atoms with Crippen molar-refractivity contribution in [1.82, 2.24) is 5.32 Å². The van der Waals surface area contributed by atoms with Crippen LogP contribution in [0.25, 0.3) is 0 Å². The zero-order valence-electron chi connectivity index (χ0n) is 14.0. The second-order valence-electron chi connectivity index (χ2n) is 6.96. The highest BCUT2D eigenvalue weighted by Crippen LogP contribution is 2.40. The van der Waals surface area contributed by atoms with E-state index in [0.717, 1.165) is 30.4 Å². The van der Waals surface area contributed by atoms with Crippen LogP contribution in [0.15, 0.2) is 18.2 Å². The summed E-state index contributed by atoms with van der Waals surface area (Å²) in [5.41, 5.74) is 2.37. The molecule has 4 unspecified atom stereocenters. The highest BCUT2D eigenvalue weighted by Gasteiger charge is 2.31. The van der Waals surface area contributed by atoms with Gasteiger partial charge in [0.25, 0.3) is 0 Å². The number of nitrogens with one attached hydrogen (secondary N) is 1. The van der Waals surface area contributed by atoms with Gasteiger partial charge in [-0.2, -0.15) is 0 Å². The van der Waals surface area contributed by atoms with Crippen LogP contribution in [0, 0.1) is 30.5 Å². The molecule has 2 heteroatoms. The third-order valence-electron chi connectivity index (χ3n) is 5.29. The van der Waals surface area contributed by atoms with Crippen molar-refractivity contribution in [3.05, 3.63) is 35.1 Å². The molecular formula is C19H30FN. The van der Waals surface area contributed by atoms with Crippen molar-refractivity contribution in [2.24, 2.45) is 17.8 Å². The van der Waals surface area contributed by atoms with Crippen LogP contribution in [0.5, 0.6) is 0 Å². The Kier molecular flexibility index (Phi) is 5.80. The van der Waals surface area contributed by atoms with Gasteiger partial charge in [0.05, 0.1) is 0 Å². The maximum atomic E-state index is 13.4. The van der Waals surface area contributed by atoms with Gasteiger partial charge in [0.1, 0.15) is 5.82 Å². The van der Waals surface area contributed by atoms with E-state index in [-0.39, 0.29) is 5.82 Å². The van der Waals surface area contributed by atoms with Gasteiger partial charge in [-0.25, -0.2) is 4.39 Å². The molecule has 0 aromatic heterocycles. The fourth-order valence-electron chi connectivity index (χ4n) is 3.71. The summed E-state index contributed by atoms with van der Waals surface area (Å²) in [5.74, 6) is 2.17. The maximum Gasteiger partial charge on any atom is 0.123 e. The third kappa shape index (κ3) is 4.06. The summed E-state index contributed by atoms with van der Waals surface area (Å²) >= 11 is 0. The summed E-state index contributed by atoms with van der Waals surface area (Å²) in [6.45, 7) is 10.0. The van der Waals surface area contributed by atoms with E-state index < -0.39 is 0 Å². The number of benzene rings is 1. The molecule has 2 rings (SSSR count). The van der Waals surface area contributed by atoms with E-state index in [1.165, 1.54) is 24.8 Å². The SMILES string of the molecule is CCCNC(c1ccc(F)cc1C)C1CCC(C)C(C)C1. The second kappa shape index (κ2) is 7.40. The zero-order valence-corrected chi connectivity index (χ0v) is 14.0. The summed E-state index contributed by atoms with van der Waals surface area (Å²) in [6, 6.07) is 5.64. The highest BCUT2D eigenvalue weighted by molar-refractivity contribution is 5.30. The van der Waals surface area contributed by atoms with Gasteiger partial charge < -0.3 is 5.32 Å². The lowest BCUT2D eigenvalue weighted by atomic mass is 9.71. The maximum absolute atomic E-state index is 13.4. The molecule has 1 aromatic rings. The molecule has 0 amide bonds. The lowest BCUT2D eigenvalue weighted by Gasteiger charge is -2.38. The number of hydrogen-bond donors (Lipinski definition) is 1. The molecule has 0 bridgehead atoms. The van der Waals surface area contributed by atoms with E-state index >= 15 is 0 Å². The first-order valence-electron chi connectivity index (χ1n) is 8.52. The summed E-state index contributed by atoms with van der Waals surface area (Å²) in [5, 5.41) is 3.73. The predicted octanol–water partition coefficient (Wildman–Crippen LogP) is 5.25. The van der Waals surface area contributed by atoms with Crippen molar-refractivity contribution in [1.29, 1.82) is 0 Å². The van der Waals surface area contributed by atoms with Crippen molar-refractivity contribution in [2.75, 3.05) is 6.54 Å². The first kappa shape index (κ1) is 16.5. The molecule has 21 heavy (non-hydrogen) atoms. The van der Waals surface area contributed by atoms with Crippen molar-refractivity contribution >= 4 is 0 Å². The van der Waals surface area contributed by atoms with Crippen LogP contribution < -0.4 is 5.32 Å².